The summed E-state index contributed by atoms with van der Waals surface area (Å²) in [4.78, 5) is 8.96. The third-order valence-electron chi connectivity index (χ3n) is 3.91. The summed E-state index contributed by atoms with van der Waals surface area (Å²) in [5.74, 6) is 0.476. The van der Waals surface area contributed by atoms with Crippen molar-refractivity contribution in [3.63, 3.8) is 0 Å². The molecule has 1 unspecified atom stereocenters. The number of fused-ring (bicyclic) bond motifs is 1. The van der Waals surface area contributed by atoms with Crippen molar-refractivity contribution in [1.82, 2.24) is 29.9 Å². The predicted molar refractivity (Wildman–Crippen MR) is 89.0 cm³/mol. The van der Waals surface area contributed by atoms with Gasteiger partial charge in [0, 0.05) is 6.07 Å². The van der Waals surface area contributed by atoms with Gasteiger partial charge in [0.15, 0.2) is 23.5 Å². The molecule has 2 N–H and O–H groups in total. The van der Waals surface area contributed by atoms with E-state index in [1.807, 2.05) is 6.92 Å². The van der Waals surface area contributed by atoms with E-state index in [0.29, 0.717) is 43.2 Å². The van der Waals surface area contributed by atoms with Crippen LogP contribution in [0.5, 0.6) is 5.88 Å². The molecular formula is C15H17F2N7O3. The highest BCUT2D eigenvalue weighted by Crippen LogP contribution is 2.24. The Balaban J connectivity index is 1.63. The molecule has 1 saturated heterocycles. The van der Waals surface area contributed by atoms with E-state index in [1.165, 1.54) is 12.3 Å². The van der Waals surface area contributed by atoms with Crippen LogP contribution in [-0.2, 0) is 15.9 Å². The first-order valence-electron chi connectivity index (χ1n) is 8.34. The fourth-order valence-electron chi connectivity index (χ4n) is 2.74. The van der Waals surface area contributed by atoms with Crippen molar-refractivity contribution in [2.45, 2.75) is 26.2 Å². The van der Waals surface area contributed by atoms with E-state index in [9.17, 15) is 8.78 Å². The quantitative estimate of drug-likeness (QED) is 0.667. The molecule has 3 aromatic rings. The number of aromatic amines is 1. The molecule has 4 rings (SSSR count). The molecule has 4 heterocycles. The Morgan fingerprint density at radius 3 is 3.04 bits per heavy atom. The molecule has 1 atom stereocenters. The molecule has 0 aromatic carbocycles. The van der Waals surface area contributed by atoms with Gasteiger partial charge in [0.1, 0.15) is 5.52 Å². The molecule has 27 heavy (non-hydrogen) atoms. The maximum absolute atomic E-state index is 12.2. The lowest BCUT2D eigenvalue weighted by atomic mass is 10.3. The number of hydrogen-bond acceptors (Lipinski definition) is 8. The van der Waals surface area contributed by atoms with Crippen LogP contribution in [0.3, 0.4) is 0 Å². The number of nitrogens with one attached hydrogen (secondary N) is 2. The smallest absolute Gasteiger partial charge is 0.388 e. The highest BCUT2D eigenvalue weighted by molar-refractivity contribution is 5.75. The van der Waals surface area contributed by atoms with Gasteiger partial charge in [-0.1, -0.05) is 6.92 Å². The van der Waals surface area contributed by atoms with E-state index in [-0.39, 0.29) is 17.9 Å². The largest absolute Gasteiger partial charge is 0.417 e. The van der Waals surface area contributed by atoms with E-state index in [0.717, 1.165) is 5.69 Å². The molecule has 1 fully saturated rings. The van der Waals surface area contributed by atoms with Crippen LogP contribution in [0.15, 0.2) is 12.3 Å². The molecule has 1 aliphatic heterocycles. The summed E-state index contributed by atoms with van der Waals surface area (Å²) >= 11 is 0. The number of alkyl halides is 2. The van der Waals surface area contributed by atoms with Gasteiger partial charge < -0.3 is 19.5 Å². The number of aryl methyl sites for hydroxylation is 1. The Morgan fingerprint density at radius 1 is 1.41 bits per heavy atom. The topological polar surface area (TPSA) is 112 Å². The zero-order valence-corrected chi connectivity index (χ0v) is 14.4. The molecule has 0 bridgehead atoms. The third-order valence-corrected chi connectivity index (χ3v) is 3.91. The molecule has 12 heteroatoms. The minimum Gasteiger partial charge on any atom is -0.417 e. The third kappa shape index (κ3) is 3.66. The summed E-state index contributed by atoms with van der Waals surface area (Å²) in [7, 11) is 0. The van der Waals surface area contributed by atoms with Crippen LogP contribution in [0, 0.1) is 0 Å². The molecule has 10 nitrogen and oxygen atoms in total. The Hall–Kier alpha value is -2.86. The normalized spacial score (nSPS) is 17.6. The molecular weight excluding hydrogens is 364 g/mol. The Kier molecular flexibility index (Phi) is 4.81. The second kappa shape index (κ2) is 7.40. The predicted octanol–water partition coefficient (Wildman–Crippen LogP) is 2.00. The number of halogens is 2. The first-order chi connectivity index (χ1) is 13.1. The van der Waals surface area contributed by atoms with Crippen LogP contribution in [0.25, 0.3) is 11.2 Å². The summed E-state index contributed by atoms with van der Waals surface area (Å²) < 4.78 is 41.5. The summed E-state index contributed by atoms with van der Waals surface area (Å²) in [6.07, 6.45) is 1.82. The SMILES string of the molecule is CCc1nn(C2COCCO2)c2nc(Nc3cc(OC(F)F)[nH]n3)cnc12. The van der Waals surface area contributed by atoms with Gasteiger partial charge in [-0.05, 0) is 6.42 Å². The average molecular weight is 381 g/mol. The fourth-order valence-corrected chi connectivity index (χ4v) is 2.74. The monoisotopic (exact) mass is 381 g/mol. The summed E-state index contributed by atoms with van der Waals surface area (Å²) in [5.41, 5.74) is 2.00. The van der Waals surface area contributed by atoms with Crippen molar-refractivity contribution in [3.05, 3.63) is 18.0 Å². The zero-order valence-electron chi connectivity index (χ0n) is 14.4. The van der Waals surface area contributed by atoms with Crippen molar-refractivity contribution in [1.29, 1.82) is 0 Å². The van der Waals surface area contributed by atoms with Crippen LogP contribution >= 0.6 is 0 Å². The Morgan fingerprint density at radius 2 is 2.30 bits per heavy atom. The van der Waals surface area contributed by atoms with Crippen molar-refractivity contribution < 1.29 is 23.0 Å². The molecule has 0 amide bonds. The van der Waals surface area contributed by atoms with Crippen molar-refractivity contribution >= 4 is 22.8 Å². The minimum atomic E-state index is -2.94. The molecule has 0 aliphatic carbocycles. The minimum absolute atomic E-state index is 0.160. The number of hydrogen-bond donors (Lipinski definition) is 2. The number of rotatable bonds is 6. The van der Waals surface area contributed by atoms with E-state index in [4.69, 9.17) is 9.47 Å². The lowest BCUT2D eigenvalue weighted by Gasteiger charge is -2.23. The first-order valence-corrected chi connectivity index (χ1v) is 8.34. The second-order valence-corrected chi connectivity index (χ2v) is 5.69. The van der Waals surface area contributed by atoms with Gasteiger partial charge in [0.25, 0.3) is 0 Å². The molecule has 3 aromatic heterocycles. The van der Waals surface area contributed by atoms with Crippen LogP contribution in [0.4, 0.5) is 20.4 Å². The fraction of sp³-hybridized carbons (Fsp3) is 0.467. The van der Waals surface area contributed by atoms with Gasteiger partial charge in [-0.3, -0.25) is 0 Å². The van der Waals surface area contributed by atoms with Gasteiger partial charge in [-0.25, -0.2) is 19.7 Å². The van der Waals surface area contributed by atoms with Crippen LogP contribution in [0.1, 0.15) is 18.8 Å². The van der Waals surface area contributed by atoms with E-state index in [2.05, 4.69) is 35.3 Å². The van der Waals surface area contributed by atoms with Crippen molar-refractivity contribution in [2.24, 2.45) is 0 Å². The van der Waals surface area contributed by atoms with Gasteiger partial charge in [0.05, 0.1) is 31.7 Å². The number of nitrogens with zero attached hydrogens (tertiary/aromatic N) is 5. The van der Waals surface area contributed by atoms with Crippen LogP contribution in [0.2, 0.25) is 0 Å². The summed E-state index contributed by atoms with van der Waals surface area (Å²) in [6.45, 7) is 0.420. The average Bonchev–Trinajstić information content (AvgIpc) is 3.25. The zero-order chi connectivity index (χ0) is 18.8. The highest BCUT2D eigenvalue weighted by atomic mass is 19.3. The van der Waals surface area contributed by atoms with Gasteiger partial charge in [-0.2, -0.15) is 19.0 Å². The lowest BCUT2D eigenvalue weighted by Crippen LogP contribution is -2.27. The standard InChI is InChI=1S/C15H17F2N7O3/c1-2-8-13-14(24(23-8)12-7-25-3-4-26-12)20-10(6-18-13)19-9-5-11(22-21-9)27-15(16)17/h5-6,12,15H,2-4,7H2,1H3,(H2,19,20,21,22). The van der Waals surface area contributed by atoms with Crippen molar-refractivity contribution in [3.8, 4) is 5.88 Å². The van der Waals surface area contributed by atoms with Crippen molar-refractivity contribution in [2.75, 3.05) is 25.1 Å². The van der Waals surface area contributed by atoms with Gasteiger partial charge in [-0.15, -0.1) is 0 Å². The number of H-pyrrole nitrogens is 1. The lowest BCUT2D eigenvalue weighted by molar-refractivity contribution is -0.125. The number of aromatic nitrogens is 6. The van der Waals surface area contributed by atoms with Crippen LogP contribution in [-0.4, -0.2) is 56.4 Å². The van der Waals surface area contributed by atoms with E-state index >= 15 is 0 Å². The van der Waals surface area contributed by atoms with Crippen LogP contribution < -0.4 is 10.1 Å². The van der Waals surface area contributed by atoms with Gasteiger partial charge in [0.2, 0.25) is 5.88 Å². The maximum Gasteiger partial charge on any atom is 0.388 e. The summed E-state index contributed by atoms with van der Waals surface area (Å²) in [6, 6.07) is 1.30. The number of ether oxygens (including phenoxy) is 3. The van der Waals surface area contributed by atoms with E-state index in [1.54, 1.807) is 4.68 Å². The molecule has 0 saturated carbocycles. The molecule has 144 valence electrons. The highest BCUT2D eigenvalue weighted by Gasteiger charge is 2.23. The first kappa shape index (κ1) is 17.5. The second-order valence-electron chi connectivity index (χ2n) is 5.69. The van der Waals surface area contributed by atoms with E-state index < -0.39 is 6.61 Å². The summed E-state index contributed by atoms with van der Waals surface area (Å²) in [5, 5.41) is 13.6. The van der Waals surface area contributed by atoms with Gasteiger partial charge >= 0.3 is 6.61 Å². The molecule has 1 aliphatic rings. The molecule has 0 spiro atoms. The Bertz CT molecular complexity index is 923. The Labute approximate surface area is 151 Å². The maximum atomic E-state index is 12.2. The molecule has 0 radical (unpaired) electrons. The number of anilines is 2.